The lowest BCUT2D eigenvalue weighted by atomic mass is 10.1. The van der Waals surface area contributed by atoms with Crippen LogP contribution in [0.3, 0.4) is 0 Å². The van der Waals surface area contributed by atoms with Crippen LogP contribution in [0.2, 0.25) is 0 Å². The average molecular weight is 264 g/mol. The monoisotopic (exact) mass is 264 g/mol. The van der Waals surface area contributed by atoms with Crippen LogP contribution in [0.1, 0.15) is 29.6 Å². The van der Waals surface area contributed by atoms with Crippen LogP contribution in [0.5, 0.6) is 5.75 Å². The molecule has 0 aliphatic carbocycles. The van der Waals surface area contributed by atoms with Gasteiger partial charge in [-0.2, -0.15) is 0 Å². The van der Waals surface area contributed by atoms with Gasteiger partial charge in [0.2, 0.25) is 0 Å². The van der Waals surface area contributed by atoms with Crippen molar-refractivity contribution in [2.75, 3.05) is 26.0 Å². The third kappa shape index (κ3) is 3.61. The first-order valence-corrected chi connectivity index (χ1v) is 6.56. The Hall–Kier alpha value is -1.75. The van der Waals surface area contributed by atoms with Gasteiger partial charge in [-0.15, -0.1) is 0 Å². The summed E-state index contributed by atoms with van der Waals surface area (Å²) in [5.74, 6) is 0.383. The van der Waals surface area contributed by atoms with Crippen LogP contribution >= 0.6 is 0 Å². The van der Waals surface area contributed by atoms with E-state index in [1.54, 1.807) is 25.2 Å². The number of amides is 1. The maximum atomic E-state index is 11.6. The Morgan fingerprint density at radius 1 is 1.53 bits per heavy atom. The molecule has 1 atom stereocenters. The maximum absolute atomic E-state index is 11.6. The van der Waals surface area contributed by atoms with E-state index in [0.29, 0.717) is 23.6 Å². The molecule has 104 valence electrons. The Morgan fingerprint density at radius 3 is 3.05 bits per heavy atom. The summed E-state index contributed by atoms with van der Waals surface area (Å²) in [4.78, 5) is 11.6. The summed E-state index contributed by atoms with van der Waals surface area (Å²) >= 11 is 0. The van der Waals surface area contributed by atoms with Crippen molar-refractivity contribution >= 4 is 11.6 Å². The third-order valence-electron chi connectivity index (χ3n) is 3.20. The molecular weight excluding hydrogens is 244 g/mol. The minimum absolute atomic E-state index is 0.122. The highest BCUT2D eigenvalue weighted by Crippen LogP contribution is 2.24. The molecule has 0 radical (unpaired) electrons. The standard InChI is InChI=1S/C14H20N2O3/c1-16-14(17)10-5-6-12(15)13(8-10)19-9-11-4-2-3-7-18-11/h5-6,8,11H,2-4,7,9,15H2,1H3,(H,16,17). The number of ether oxygens (including phenoxy) is 2. The predicted octanol–water partition coefficient (Wildman–Crippen LogP) is 1.58. The lowest BCUT2D eigenvalue weighted by molar-refractivity contribution is -0.0109. The van der Waals surface area contributed by atoms with E-state index in [9.17, 15) is 4.79 Å². The molecule has 5 nitrogen and oxygen atoms in total. The van der Waals surface area contributed by atoms with Crippen molar-refractivity contribution in [3.63, 3.8) is 0 Å². The first-order chi connectivity index (χ1) is 9.20. The molecule has 2 rings (SSSR count). The Kier molecular flexibility index (Phi) is 4.63. The molecule has 0 spiro atoms. The lowest BCUT2D eigenvalue weighted by Gasteiger charge is -2.23. The first kappa shape index (κ1) is 13.7. The fourth-order valence-electron chi connectivity index (χ4n) is 2.07. The molecule has 3 N–H and O–H groups in total. The molecule has 1 aromatic rings. The Balaban J connectivity index is 2.00. The van der Waals surface area contributed by atoms with Crippen LogP contribution in [-0.2, 0) is 4.74 Å². The van der Waals surface area contributed by atoms with Crippen molar-refractivity contribution in [1.29, 1.82) is 0 Å². The normalized spacial score (nSPS) is 18.9. The van der Waals surface area contributed by atoms with Gasteiger partial charge in [-0.25, -0.2) is 0 Å². The van der Waals surface area contributed by atoms with E-state index in [1.165, 1.54) is 6.42 Å². The molecule has 1 saturated heterocycles. The predicted molar refractivity (Wildman–Crippen MR) is 73.3 cm³/mol. The third-order valence-corrected chi connectivity index (χ3v) is 3.20. The van der Waals surface area contributed by atoms with Gasteiger partial charge in [-0.05, 0) is 37.5 Å². The summed E-state index contributed by atoms with van der Waals surface area (Å²) in [6, 6.07) is 5.02. The number of anilines is 1. The van der Waals surface area contributed by atoms with Crippen LogP contribution in [-0.4, -0.2) is 32.3 Å². The maximum Gasteiger partial charge on any atom is 0.251 e. The van der Waals surface area contributed by atoms with Crippen molar-refractivity contribution in [2.45, 2.75) is 25.4 Å². The second-order valence-corrected chi connectivity index (χ2v) is 4.63. The van der Waals surface area contributed by atoms with E-state index < -0.39 is 0 Å². The van der Waals surface area contributed by atoms with E-state index in [2.05, 4.69) is 5.32 Å². The first-order valence-electron chi connectivity index (χ1n) is 6.56. The van der Waals surface area contributed by atoms with Crippen molar-refractivity contribution < 1.29 is 14.3 Å². The summed E-state index contributed by atoms with van der Waals surface area (Å²) in [5.41, 5.74) is 6.92. The molecule has 1 fully saturated rings. The van der Waals surface area contributed by atoms with Crippen LogP contribution in [0.15, 0.2) is 18.2 Å². The molecule has 1 heterocycles. The number of rotatable bonds is 4. The minimum atomic E-state index is -0.154. The van der Waals surface area contributed by atoms with Gasteiger partial charge in [0, 0.05) is 19.2 Å². The summed E-state index contributed by atoms with van der Waals surface area (Å²) in [5, 5.41) is 2.57. The van der Waals surface area contributed by atoms with E-state index in [0.717, 1.165) is 19.4 Å². The van der Waals surface area contributed by atoms with Gasteiger partial charge in [0.1, 0.15) is 12.4 Å². The van der Waals surface area contributed by atoms with Crippen LogP contribution in [0, 0.1) is 0 Å². The number of nitrogens with one attached hydrogen (secondary N) is 1. The van der Waals surface area contributed by atoms with E-state index in [1.807, 2.05) is 0 Å². The van der Waals surface area contributed by atoms with Crippen LogP contribution < -0.4 is 15.8 Å². The average Bonchev–Trinajstić information content (AvgIpc) is 2.46. The fraction of sp³-hybridized carbons (Fsp3) is 0.500. The van der Waals surface area contributed by atoms with Gasteiger partial charge in [-0.3, -0.25) is 4.79 Å². The molecule has 0 saturated carbocycles. The number of hydrogen-bond donors (Lipinski definition) is 2. The van der Waals surface area contributed by atoms with Gasteiger partial charge in [0.15, 0.2) is 0 Å². The van der Waals surface area contributed by atoms with Crippen LogP contribution in [0.4, 0.5) is 5.69 Å². The molecule has 1 aliphatic heterocycles. The summed E-state index contributed by atoms with van der Waals surface area (Å²) in [7, 11) is 1.59. The molecule has 1 aliphatic rings. The van der Waals surface area contributed by atoms with Gasteiger partial charge in [0.25, 0.3) is 5.91 Å². The molecule has 5 heteroatoms. The second-order valence-electron chi connectivity index (χ2n) is 4.63. The van der Waals surface area contributed by atoms with Gasteiger partial charge >= 0.3 is 0 Å². The minimum Gasteiger partial charge on any atom is -0.489 e. The van der Waals surface area contributed by atoms with Crippen molar-refractivity contribution in [2.24, 2.45) is 0 Å². The van der Waals surface area contributed by atoms with Gasteiger partial charge in [0.05, 0.1) is 11.8 Å². The summed E-state index contributed by atoms with van der Waals surface area (Å²) < 4.78 is 11.3. The van der Waals surface area contributed by atoms with E-state index in [4.69, 9.17) is 15.2 Å². The van der Waals surface area contributed by atoms with Gasteiger partial charge in [-0.1, -0.05) is 0 Å². The molecule has 0 bridgehead atoms. The Labute approximate surface area is 113 Å². The van der Waals surface area contributed by atoms with E-state index in [-0.39, 0.29) is 12.0 Å². The quantitative estimate of drug-likeness (QED) is 0.810. The number of nitrogens with two attached hydrogens (primary N) is 1. The highest BCUT2D eigenvalue weighted by molar-refractivity contribution is 5.95. The van der Waals surface area contributed by atoms with Crippen LogP contribution in [0.25, 0.3) is 0 Å². The molecule has 1 amide bonds. The van der Waals surface area contributed by atoms with Crippen molar-refractivity contribution in [3.05, 3.63) is 23.8 Å². The topological polar surface area (TPSA) is 73.6 Å². The SMILES string of the molecule is CNC(=O)c1ccc(N)c(OCC2CCCCO2)c1. The Morgan fingerprint density at radius 2 is 2.37 bits per heavy atom. The highest BCUT2D eigenvalue weighted by Gasteiger charge is 2.15. The van der Waals surface area contributed by atoms with E-state index >= 15 is 0 Å². The molecule has 19 heavy (non-hydrogen) atoms. The molecule has 1 aromatic carbocycles. The smallest absolute Gasteiger partial charge is 0.251 e. The number of nitrogen functional groups attached to an aromatic ring is 1. The summed E-state index contributed by atoms with van der Waals surface area (Å²) in [6.07, 6.45) is 3.42. The fourth-order valence-corrected chi connectivity index (χ4v) is 2.07. The number of benzene rings is 1. The lowest BCUT2D eigenvalue weighted by Crippen LogP contribution is -2.26. The molecule has 1 unspecified atom stereocenters. The highest BCUT2D eigenvalue weighted by atomic mass is 16.5. The van der Waals surface area contributed by atoms with Crippen molar-refractivity contribution in [1.82, 2.24) is 5.32 Å². The zero-order valence-corrected chi connectivity index (χ0v) is 11.1. The molecule has 0 aromatic heterocycles. The zero-order valence-electron chi connectivity index (χ0n) is 11.1. The van der Waals surface area contributed by atoms with Gasteiger partial charge < -0.3 is 20.5 Å². The second kappa shape index (κ2) is 6.43. The van der Waals surface area contributed by atoms with Crippen molar-refractivity contribution in [3.8, 4) is 5.75 Å². The number of carbonyl (C=O) groups excluding carboxylic acids is 1. The number of carbonyl (C=O) groups is 1. The zero-order chi connectivity index (χ0) is 13.7. The molecular formula is C14H20N2O3. The largest absolute Gasteiger partial charge is 0.489 e. The Bertz CT molecular complexity index is 442. The summed E-state index contributed by atoms with van der Waals surface area (Å²) in [6.45, 7) is 1.27. The number of hydrogen-bond acceptors (Lipinski definition) is 4.